The van der Waals surface area contributed by atoms with Gasteiger partial charge in [0.05, 0.1) is 16.6 Å². The van der Waals surface area contributed by atoms with Crippen molar-refractivity contribution < 1.29 is 13.2 Å². The zero-order valence-electron chi connectivity index (χ0n) is 17.7. The van der Waals surface area contributed by atoms with Gasteiger partial charge in [0.1, 0.15) is 4.90 Å². The molecule has 0 saturated carbocycles. The Kier molecular flexibility index (Phi) is 5.59. The van der Waals surface area contributed by atoms with Crippen LogP contribution in [-0.4, -0.2) is 69.2 Å². The fourth-order valence-corrected chi connectivity index (χ4v) is 6.30. The molecule has 2 fully saturated rings. The Morgan fingerprint density at radius 1 is 0.938 bits per heavy atom. The molecule has 3 aliphatic heterocycles. The average Bonchev–Trinajstić information content (AvgIpc) is 3.10. The number of amidine groups is 1. The second-order valence-corrected chi connectivity index (χ2v) is 10.4. The van der Waals surface area contributed by atoms with Crippen LogP contribution in [0.15, 0.2) is 57.8 Å². The number of rotatable bonds is 2. The summed E-state index contributed by atoms with van der Waals surface area (Å²) in [5.41, 5.74) is 1.64. The smallest absolute Gasteiger partial charge is 0.285 e. The number of sulfonamides is 1. The minimum Gasteiger partial charge on any atom is -0.367 e. The lowest BCUT2D eigenvalue weighted by Gasteiger charge is -2.40. The number of benzene rings is 2. The number of piperazine rings is 1. The molecule has 3 aliphatic rings. The summed E-state index contributed by atoms with van der Waals surface area (Å²) in [6.07, 6.45) is 1.64. The first-order valence-electron chi connectivity index (χ1n) is 10.9. The van der Waals surface area contributed by atoms with E-state index in [4.69, 9.17) is 11.6 Å². The molecule has 168 valence electrons. The first-order valence-corrected chi connectivity index (χ1v) is 12.7. The molecule has 0 N–H and O–H groups in total. The molecule has 0 aromatic heterocycles. The highest BCUT2D eigenvalue weighted by Crippen LogP contribution is 2.31. The van der Waals surface area contributed by atoms with Gasteiger partial charge < -0.3 is 14.7 Å². The fourth-order valence-electron chi connectivity index (χ4n) is 4.82. The number of para-hydroxylation sites is 1. The van der Waals surface area contributed by atoms with Crippen LogP contribution >= 0.6 is 11.6 Å². The second kappa shape index (κ2) is 8.41. The van der Waals surface area contributed by atoms with Crippen LogP contribution in [0.2, 0.25) is 5.02 Å². The van der Waals surface area contributed by atoms with Gasteiger partial charge in [0.2, 0.25) is 5.91 Å². The second-order valence-electron chi connectivity index (χ2n) is 8.44. The number of fused-ring (bicyclic) bond motifs is 1. The van der Waals surface area contributed by atoms with Gasteiger partial charge in [-0.25, -0.2) is 0 Å². The number of anilines is 1. The van der Waals surface area contributed by atoms with E-state index in [0.29, 0.717) is 37.6 Å². The summed E-state index contributed by atoms with van der Waals surface area (Å²) in [5, 5.41) is 0.725. The van der Waals surface area contributed by atoms with Crippen LogP contribution < -0.4 is 4.90 Å². The molecule has 32 heavy (non-hydrogen) atoms. The number of carbonyl (C=O) groups is 1. The van der Waals surface area contributed by atoms with E-state index in [1.807, 2.05) is 40.1 Å². The predicted octanol–water partition coefficient (Wildman–Crippen LogP) is 2.85. The zero-order chi connectivity index (χ0) is 22.3. The van der Waals surface area contributed by atoms with Crippen molar-refractivity contribution >= 4 is 39.1 Å². The summed E-state index contributed by atoms with van der Waals surface area (Å²) in [5.74, 6) is 0.457. The molecule has 5 rings (SSSR count). The topological polar surface area (TPSA) is 73.3 Å². The molecule has 0 bridgehead atoms. The summed E-state index contributed by atoms with van der Waals surface area (Å²) in [6, 6.07) is 14.7. The van der Waals surface area contributed by atoms with Crippen molar-refractivity contribution in [1.29, 1.82) is 0 Å². The van der Waals surface area contributed by atoms with Crippen molar-refractivity contribution in [3.8, 4) is 0 Å². The zero-order valence-corrected chi connectivity index (χ0v) is 19.2. The van der Waals surface area contributed by atoms with Crippen LogP contribution in [0.25, 0.3) is 0 Å². The summed E-state index contributed by atoms with van der Waals surface area (Å²) >= 11 is 6.33. The molecule has 0 spiro atoms. The first kappa shape index (κ1) is 21.3. The van der Waals surface area contributed by atoms with Gasteiger partial charge in [-0.1, -0.05) is 35.9 Å². The van der Waals surface area contributed by atoms with Crippen molar-refractivity contribution in [2.75, 3.05) is 44.2 Å². The van der Waals surface area contributed by atoms with Crippen LogP contribution in [0.4, 0.5) is 5.69 Å². The molecule has 2 saturated heterocycles. The summed E-state index contributed by atoms with van der Waals surface area (Å²) in [6.45, 7) is 3.98. The van der Waals surface area contributed by atoms with E-state index in [2.05, 4.69) is 9.30 Å². The third-order valence-corrected chi connectivity index (χ3v) is 8.11. The Bertz CT molecular complexity index is 1180. The lowest BCUT2D eigenvalue weighted by molar-refractivity contribution is -0.137. The highest BCUT2D eigenvalue weighted by atomic mass is 35.5. The molecule has 0 aliphatic carbocycles. The first-order chi connectivity index (χ1) is 15.4. The Morgan fingerprint density at radius 2 is 1.66 bits per heavy atom. The van der Waals surface area contributed by atoms with Gasteiger partial charge in [-0.2, -0.15) is 8.42 Å². The molecule has 2 aromatic carbocycles. The largest absolute Gasteiger partial charge is 0.367 e. The predicted molar refractivity (Wildman–Crippen MR) is 125 cm³/mol. The normalized spacial score (nSPS) is 22.5. The van der Waals surface area contributed by atoms with E-state index in [1.165, 1.54) is 0 Å². The van der Waals surface area contributed by atoms with Crippen molar-refractivity contribution in [2.45, 2.75) is 17.7 Å². The van der Waals surface area contributed by atoms with Crippen LogP contribution in [0.3, 0.4) is 0 Å². The minimum atomic E-state index is -3.66. The van der Waals surface area contributed by atoms with Gasteiger partial charge in [0.15, 0.2) is 5.84 Å². The number of amides is 1. The van der Waals surface area contributed by atoms with Crippen LogP contribution in [-0.2, 0) is 14.8 Å². The minimum absolute atomic E-state index is 0.142. The summed E-state index contributed by atoms with van der Waals surface area (Å²) in [7, 11) is -3.66. The number of carbonyl (C=O) groups excluding carboxylic acids is 1. The number of likely N-dealkylation sites (tertiary alicyclic amines) is 1. The Hall–Kier alpha value is -2.58. The molecule has 0 radical (unpaired) electrons. The quantitative estimate of drug-likeness (QED) is 0.672. The molecular formula is C23H25ClN4O3S. The SMILES string of the molecule is O=C(C1CCCN(C2=NS(=O)(=O)c3ccccc32)C1)N1CCN(c2ccccc2Cl)CC1. The fraction of sp³-hybridized carbons (Fsp3) is 0.391. The molecular weight excluding hydrogens is 448 g/mol. The molecule has 2 aromatic rings. The maximum absolute atomic E-state index is 13.3. The van der Waals surface area contributed by atoms with Crippen molar-refractivity contribution in [3.63, 3.8) is 0 Å². The number of piperidine rings is 1. The maximum atomic E-state index is 13.3. The van der Waals surface area contributed by atoms with Crippen LogP contribution in [0, 0.1) is 5.92 Å². The third-order valence-electron chi connectivity index (χ3n) is 6.47. The maximum Gasteiger partial charge on any atom is 0.285 e. The number of halogens is 1. The van der Waals surface area contributed by atoms with E-state index in [0.717, 1.165) is 36.6 Å². The standard InChI is InChI=1S/C23H25ClN4O3S/c24-19-8-2-3-9-20(19)26-12-14-27(15-13-26)23(29)17-6-5-11-28(16-17)22-18-7-1-4-10-21(18)32(30,31)25-22/h1-4,7-10,17H,5-6,11-16H2. The molecule has 1 amide bonds. The van der Waals surface area contributed by atoms with Crippen LogP contribution in [0.1, 0.15) is 18.4 Å². The molecule has 3 heterocycles. The Labute approximate surface area is 193 Å². The molecule has 7 nitrogen and oxygen atoms in total. The monoisotopic (exact) mass is 472 g/mol. The van der Waals surface area contributed by atoms with Gasteiger partial charge in [-0.15, -0.1) is 4.40 Å². The van der Waals surface area contributed by atoms with Gasteiger partial charge in [0, 0.05) is 44.8 Å². The van der Waals surface area contributed by atoms with E-state index in [1.54, 1.807) is 18.2 Å². The van der Waals surface area contributed by atoms with Crippen molar-refractivity contribution in [3.05, 3.63) is 59.1 Å². The number of nitrogens with zero attached hydrogens (tertiary/aromatic N) is 4. The number of hydrogen-bond acceptors (Lipinski definition) is 5. The summed E-state index contributed by atoms with van der Waals surface area (Å²) < 4.78 is 28.9. The van der Waals surface area contributed by atoms with Gasteiger partial charge in [-0.3, -0.25) is 4.79 Å². The highest BCUT2D eigenvalue weighted by Gasteiger charge is 2.36. The van der Waals surface area contributed by atoms with Crippen molar-refractivity contribution in [1.82, 2.24) is 9.80 Å². The number of hydrogen-bond donors (Lipinski definition) is 0. The lowest BCUT2D eigenvalue weighted by atomic mass is 9.95. The van der Waals surface area contributed by atoms with Gasteiger partial charge in [-0.05, 0) is 37.1 Å². The average molecular weight is 473 g/mol. The summed E-state index contributed by atoms with van der Waals surface area (Å²) in [4.78, 5) is 19.7. The highest BCUT2D eigenvalue weighted by molar-refractivity contribution is 7.90. The van der Waals surface area contributed by atoms with Gasteiger partial charge in [0.25, 0.3) is 10.0 Å². The van der Waals surface area contributed by atoms with E-state index >= 15 is 0 Å². The molecule has 1 atom stereocenters. The Morgan fingerprint density at radius 3 is 2.44 bits per heavy atom. The van der Waals surface area contributed by atoms with E-state index in [-0.39, 0.29) is 16.7 Å². The van der Waals surface area contributed by atoms with Crippen molar-refractivity contribution in [2.24, 2.45) is 10.3 Å². The van der Waals surface area contributed by atoms with Gasteiger partial charge >= 0.3 is 0 Å². The van der Waals surface area contributed by atoms with E-state index in [9.17, 15) is 13.2 Å². The molecule has 1 unspecified atom stereocenters. The molecule has 9 heteroatoms. The Balaban J connectivity index is 1.26. The third kappa shape index (κ3) is 3.86. The van der Waals surface area contributed by atoms with E-state index < -0.39 is 10.0 Å². The van der Waals surface area contributed by atoms with Crippen LogP contribution in [0.5, 0.6) is 0 Å². The lowest BCUT2D eigenvalue weighted by Crippen LogP contribution is -2.53.